The van der Waals surface area contributed by atoms with Crippen molar-refractivity contribution in [2.45, 2.75) is 37.7 Å². The van der Waals surface area contributed by atoms with Crippen LogP contribution in [0.4, 0.5) is 0 Å². The van der Waals surface area contributed by atoms with E-state index < -0.39 is 10.0 Å². The van der Waals surface area contributed by atoms with Crippen LogP contribution in [0.1, 0.15) is 24.0 Å². The fraction of sp³-hybridized carbons (Fsp3) is 0.368. The molecule has 1 fully saturated rings. The van der Waals surface area contributed by atoms with Gasteiger partial charge in [0.1, 0.15) is 11.9 Å². The van der Waals surface area contributed by atoms with Gasteiger partial charge in [0.05, 0.1) is 4.90 Å². The number of aryl methyl sites for hydroxylation is 2. The summed E-state index contributed by atoms with van der Waals surface area (Å²) in [5.74, 6) is 0.841. The molecule has 0 aliphatic carbocycles. The van der Waals surface area contributed by atoms with E-state index in [0.29, 0.717) is 30.8 Å². The standard InChI is InChI=1S/C19H23NO3S/c1-15-8-9-16(2)19(14-15)24(21,22)20-12-10-18(11-13-20)23-17-6-4-3-5-7-17/h3-9,14,18H,10-13H2,1-2H3. The van der Waals surface area contributed by atoms with E-state index in [0.717, 1.165) is 16.9 Å². The predicted octanol–water partition coefficient (Wildman–Crippen LogP) is 3.54. The summed E-state index contributed by atoms with van der Waals surface area (Å²) >= 11 is 0. The van der Waals surface area contributed by atoms with Gasteiger partial charge in [-0.1, -0.05) is 30.3 Å². The van der Waals surface area contributed by atoms with Gasteiger partial charge >= 0.3 is 0 Å². The highest BCUT2D eigenvalue weighted by Gasteiger charge is 2.31. The summed E-state index contributed by atoms with van der Waals surface area (Å²) < 4.78 is 33.3. The average Bonchev–Trinajstić information content (AvgIpc) is 2.58. The Balaban J connectivity index is 1.68. The van der Waals surface area contributed by atoms with E-state index in [1.54, 1.807) is 10.4 Å². The van der Waals surface area contributed by atoms with Gasteiger partial charge in [-0.15, -0.1) is 0 Å². The minimum absolute atomic E-state index is 0.0671. The fourth-order valence-corrected chi connectivity index (χ4v) is 4.79. The number of hydrogen-bond acceptors (Lipinski definition) is 3. The Hall–Kier alpha value is -1.85. The molecule has 1 aliphatic rings. The number of sulfonamides is 1. The van der Waals surface area contributed by atoms with Crippen LogP contribution in [0.15, 0.2) is 53.4 Å². The Labute approximate surface area is 144 Å². The third-order valence-corrected chi connectivity index (χ3v) is 6.45. The zero-order chi connectivity index (χ0) is 17.2. The molecule has 0 unspecified atom stereocenters. The van der Waals surface area contributed by atoms with Gasteiger partial charge in [0, 0.05) is 13.1 Å². The van der Waals surface area contributed by atoms with Crippen molar-refractivity contribution >= 4 is 10.0 Å². The molecule has 0 amide bonds. The molecule has 3 rings (SSSR count). The van der Waals surface area contributed by atoms with Crippen molar-refractivity contribution < 1.29 is 13.2 Å². The number of nitrogens with zero attached hydrogens (tertiary/aromatic N) is 1. The minimum atomic E-state index is -3.43. The normalized spacial score (nSPS) is 16.9. The molecule has 24 heavy (non-hydrogen) atoms. The second-order valence-electron chi connectivity index (χ2n) is 6.30. The Morgan fingerprint density at radius 3 is 2.33 bits per heavy atom. The number of piperidine rings is 1. The molecule has 1 saturated heterocycles. The van der Waals surface area contributed by atoms with Crippen molar-refractivity contribution in [2.24, 2.45) is 0 Å². The highest BCUT2D eigenvalue weighted by Crippen LogP contribution is 2.26. The fourth-order valence-electron chi connectivity index (χ4n) is 3.01. The van der Waals surface area contributed by atoms with Crippen molar-refractivity contribution in [1.29, 1.82) is 0 Å². The molecule has 2 aromatic carbocycles. The maximum Gasteiger partial charge on any atom is 0.243 e. The number of para-hydroxylation sites is 1. The quantitative estimate of drug-likeness (QED) is 0.851. The monoisotopic (exact) mass is 345 g/mol. The van der Waals surface area contributed by atoms with Crippen LogP contribution in [0, 0.1) is 13.8 Å². The van der Waals surface area contributed by atoms with Crippen LogP contribution < -0.4 is 4.74 Å². The molecule has 0 bridgehead atoms. The second-order valence-corrected chi connectivity index (χ2v) is 8.21. The second kappa shape index (κ2) is 6.95. The van der Waals surface area contributed by atoms with Gasteiger partial charge < -0.3 is 4.74 Å². The maximum absolute atomic E-state index is 12.9. The van der Waals surface area contributed by atoms with Crippen LogP contribution in [0.3, 0.4) is 0 Å². The van der Waals surface area contributed by atoms with E-state index in [9.17, 15) is 8.42 Å². The highest BCUT2D eigenvalue weighted by molar-refractivity contribution is 7.89. The van der Waals surface area contributed by atoms with Crippen LogP contribution in [-0.4, -0.2) is 31.9 Å². The molecular formula is C19H23NO3S. The summed E-state index contributed by atoms with van der Waals surface area (Å²) in [6, 6.07) is 15.3. The third kappa shape index (κ3) is 3.62. The van der Waals surface area contributed by atoms with Gasteiger partial charge in [0.25, 0.3) is 0 Å². The lowest BCUT2D eigenvalue weighted by Crippen LogP contribution is -2.41. The van der Waals surface area contributed by atoms with Crippen molar-refractivity contribution in [3.8, 4) is 5.75 Å². The number of ether oxygens (including phenoxy) is 1. The summed E-state index contributed by atoms with van der Waals surface area (Å²) in [5.41, 5.74) is 1.75. The number of hydrogen-bond donors (Lipinski definition) is 0. The number of rotatable bonds is 4. The molecule has 0 atom stereocenters. The third-order valence-electron chi connectivity index (χ3n) is 4.41. The Kier molecular flexibility index (Phi) is 4.92. The summed E-state index contributed by atoms with van der Waals surface area (Å²) in [6.07, 6.45) is 1.48. The van der Waals surface area contributed by atoms with Crippen molar-refractivity contribution in [1.82, 2.24) is 4.31 Å². The van der Waals surface area contributed by atoms with Crippen molar-refractivity contribution in [2.75, 3.05) is 13.1 Å². The van der Waals surface area contributed by atoms with Crippen LogP contribution in [0.5, 0.6) is 5.75 Å². The molecule has 0 aromatic heterocycles. The molecular weight excluding hydrogens is 322 g/mol. The first-order valence-electron chi connectivity index (χ1n) is 8.26. The molecule has 1 heterocycles. The van der Waals surface area contributed by atoms with Crippen LogP contribution in [-0.2, 0) is 10.0 Å². The molecule has 0 radical (unpaired) electrons. The Morgan fingerprint density at radius 1 is 1.00 bits per heavy atom. The molecule has 2 aromatic rings. The van der Waals surface area contributed by atoms with E-state index in [1.807, 2.05) is 56.3 Å². The van der Waals surface area contributed by atoms with E-state index >= 15 is 0 Å². The average molecular weight is 345 g/mol. The largest absolute Gasteiger partial charge is 0.490 e. The van der Waals surface area contributed by atoms with Gasteiger partial charge in [-0.3, -0.25) is 0 Å². The molecule has 4 nitrogen and oxygen atoms in total. The molecule has 0 spiro atoms. The van der Waals surface area contributed by atoms with E-state index in [2.05, 4.69) is 0 Å². The zero-order valence-electron chi connectivity index (χ0n) is 14.1. The predicted molar refractivity (Wildman–Crippen MR) is 94.8 cm³/mol. The van der Waals surface area contributed by atoms with Gasteiger partial charge in [-0.2, -0.15) is 4.31 Å². The first-order chi connectivity index (χ1) is 11.5. The van der Waals surface area contributed by atoms with Gasteiger partial charge in [-0.25, -0.2) is 8.42 Å². The minimum Gasteiger partial charge on any atom is -0.490 e. The van der Waals surface area contributed by atoms with E-state index in [4.69, 9.17) is 4.74 Å². The molecule has 1 aliphatic heterocycles. The molecule has 0 saturated carbocycles. The lowest BCUT2D eigenvalue weighted by molar-refractivity contribution is 0.135. The SMILES string of the molecule is Cc1ccc(C)c(S(=O)(=O)N2CCC(Oc3ccccc3)CC2)c1. The summed E-state index contributed by atoms with van der Waals surface area (Å²) in [6.45, 7) is 4.75. The van der Waals surface area contributed by atoms with E-state index in [1.165, 1.54) is 0 Å². The van der Waals surface area contributed by atoms with Crippen LogP contribution in [0.25, 0.3) is 0 Å². The summed E-state index contributed by atoms with van der Waals surface area (Å²) in [7, 11) is -3.43. The molecule has 128 valence electrons. The first-order valence-corrected chi connectivity index (χ1v) is 9.70. The van der Waals surface area contributed by atoms with Crippen LogP contribution >= 0.6 is 0 Å². The maximum atomic E-state index is 12.9. The Morgan fingerprint density at radius 2 is 1.67 bits per heavy atom. The molecule has 0 N–H and O–H groups in total. The smallest absolute Gasteiger partial charge is 0.243 e. The first kappa shape index (κ1) is 17.0. The topological polar surface area (TPSA) is 46.6 Å². The summed E-state index contributed by atoms with van der Waals surface area (Å²) in [5, 5.41) is 0. The Bertz CT molecular complexity index is 795. The van der Waals surface area contributed by atoms with Crippen LogP contribution in [0.2, 0.25) is 0 Å². The highest BCUT2D eigenvalue weighted by atomic mass is 32.2. The summed E-state index contributed by atoms with van der Waals surface area (Å²) in [4.78, 5) is 0.421. The van der Waals surface area contributed by atoms with Crippen molar-refractivity contribution in [3.05, 3.63) is 59.7 Å². The lowest BCUT2D eigenvalue weighted by Gasteiger charge is -2.31. The lowest BCUT2D eigenvalue weighted by atomic mass is 10.1. The van der Waals surface area contributed by atoms with E-state index in [-0.39, 0.29) is 6.10 Å². The van der Waals surface area contributed by atoms with Crippen molar-refractivity contribution in [3.63, 3.8) is 0 Å². The van der Waals surface area contributed by atoms with Gasteiger partial charge in [-0.05, 0) is 56.0 Å². The van der Waals surface area contributed by atoms with Gasteiger partial charge in [0.2, 0.25) is 10.0 Å². The number of benzene rings is 2. The molecule has 5 heteroatoms. The zero-order valence-corrected chi connectivity index (χ0v) is 14.9. The van der Waals surface area contributed by atoms with Gasteiger partial charge in [0.15, 0.2) is 0 Å².